The third-order valence-electron chi connectivity index (χ3n) is 2.53. The van der Waals surface area contributed by atoms with Crippen LogP contribution in [0, 0.1) is 6.92 Å². The quantitative estimate of drug-likeness (QED) is 0.932. The van der Waals surface area contributed by atoms with Gasteiger partial charge in [0.2, 0.25) is 0 Å². The first-order chi connectivity index (χ1) is 8.63. The summed E-state index contributed by atoms with van der Waals surface area (Å²) in [6.07, 6.45) is 2.49. The zero-order valence-corrected chi connectivity index (χ0v) is 11.8. The van der Waals surface area contributed by atoms with Gasteiger partial charge in [0.05, 0.1) is 22.7 Å². The molecule has 1 N–H and O–H groups in total. The zero-order chi connectivity index (χ0) is 13.1. The van der Waals surface area contributed by atoms with Crippen molar-refractivity contribution in [1.29, 1.82) is 0 Å². The van der Waals surface area contributed by atoms with Crippen molar-refractivity contribution in [3.8, 4) is 5.75 Å². The number of nitrogens with zero attached hydrogens (tertiary/aromatic N) is 1. The van der Waals surface area contributed by atoms with Gasteiger partial charge in [-0.05, 0) is 30.9 Å². The number of halogens is 1. The predicted octanol–water partition coefficient (Wildman–Crippen LogP) is 3.59. The molecular formula is C13H14ClNO2S. The number of aromatic nitrogens is 1. The summed E-state index contributed by atoms with van der Waals surface area (Å²) in [5, 5.41) is 12.9. The highest BCUT2D eigenvalue weighted by molar-refractivity contribution is 7.10. The Hall–Kier alpha value is -1.10. The van der Waals surface area contributed by atoms with E-state index in [9.17, 15) is 5.11 Å². The Kier molecular flexibility index (Phi) is 4.22. The molecule has 2 aromatic heterocycles. The number of hydrogen-bond acceptors (Lipinski definition) is 4. The first-order valence-corrected chi connectivity index (χ1v) is 6.88. The second-order valence-corrected chi connectivity index (χ2v) is 5.18. The van der Waals surface area contributed by atoms with Crippen molar-refractivity contribution in [1.82, 2.24) is 4.98 Å². The lowest BCUT2D eigenvalue weighted by Crippen LogP contribution is -2.00. The van der Waals surface area contributed by atoms with Crippen LogP contribution in [0.25, 0.3) is 0 Å². The van der Waals surface area contributed by atoms with Gasteiger partial charge in [0.15, 0.2) is 0 Å². The van der Waals surface area contributed by atoms with Crippen LogP contribution in [0.1, 0.15) is 29.0 Å². The maximum atomic E-state index is 10.3. The normalized spacial score (nSPS) is 12.4. The predicted molar refractivity (Wildman–Crippen MR) is 73.5 cm³/mol. The largest absolute Gasteiger partial charge is 0.492 e. The minimum atomic E-state index is -0.760. The third-order valence-corrected chi connectivity index (χ3v) is 4.30. The molecule has 0 radical (unpaired) electrons. The fourth-order valence-electron chi connectivity index (χ4n) is 1.62. The molecule has 96 valence electrons. The standard InChI is InChI=1S/C13H14ClNO2S/c1-3-17-10-4-9(5-15-6-10)12(16)13-11(14)8(2)7-18-13/h4-7,12,16H,3H2,1-2H3. The number of thiophene rings is 1. The third kappa shape index (κ3) is 2.66. The van der Waals surface area contributed by atoms with E-state index in [1.165, 1.54) is 11.3 Å². The summed E-state index contributed by atoms with van der Waals surface area (Å²) in [7, 11) is 0. The number of ether oxygens (including phenoxy) is 1. The molecule has 0 aliphatic heterocycles. The number of aryl methyl sites for hydroxylation is 1. The van der Waals surface area contributed by atoms with Crippen molar-refractivity contribution in [3.63, 3.8) is 0 Å². The molecule has 18 heavy (non-hydrogen) atoms. The highest BCUT2D eigenvalue weighted by Gasteiger charge is 2.18. The molecule has 0 spiro atoms. The summed E-state index contributed by atoms with van der Waals surface area (Å²) in [4.78, 5) is 4.80. The van der Waals surface area contributed by atoms with Gasteiger partial charge in [-0.25, -0.2) is 0 Å². The Morgan fingerprint density at radius 2 is 2.28 bits per heavy atom. The topological polar surface area (TPSA) is 42.4 Å². The van der Waals surface area contributed by atoms with E-state index in [0.717, 1.165) is 10.4 Å². The van der Waals surface area contributed by atoms with Gasteiger partial charge in [-0.1, -0.05) is 11.6 Å². The van der Waals surface area contributed by atoms with Gasteiger partial charge in [0.1, 0.15) is 11.9 Å². The molecule has 0 saturated heterocycles. The van der Waals surface area contributed by atoms with Gasteiger partial charge in [-0.2, -0.15) is 0 Å². The first-order valence-electron chi connectivity index (χ1n) is 5.62. The van der Waals surface area contributed by atoms with Crippen molar-refractivity contribution in [2.75, 3.05) is 6.61 Å². The molecule has 0 fully saturated rings. The number of aliphatic hydroxyl groups is 1. The maximum Gasteiger partial charge on any atom is 0.137 e. The summed E-state index contributed by atoms with van der Waals surface area (Å²) in [6, 6.07) is 1.78. The van der Waals surface area contributed by atoms with Gasteiger partial charge < -0.3 is 9.84 Å². The van der Waals surface area contributed by atoms with Gasteiger partial charge in [-0.15, -0.1) is 11.3 Å². The molecular weight excluding hydrogens is 270 g/mol. The van der Waals surface area contributed by atoms with E-state index >= 15 is 0 Å². The molecule has 3 nitrogen and oxygen atoms in total. The van der Waals surface area contributed by atoms with E-state index in [2.05, 4.69) is 4.98 Å². The average Bonchev–Trinajstić information content (AvgIpc) is 2.70. The molecule has 0 amide bonds. The Bertz CT molecular complexity index is 542. The number of hydrogen-bond donors (Lipinski definition) is 1. The molecule has 2 rings (SSSR count). The highest BCUT2D eigenvalue weighted by atomic mass is 35.5. The van der Waals surface area contributed by atoms with Crippen molar-refractivity contribution in [2.24, 2.45) is 0 Å². The number of rotatable bonds is 4. The molecule has 0 aromatic carbocycles. The lowest BCUT2D eigenvalue weighted by Gasteiger charge is -2.11. The Balaban J connectivity index is 2.30. The summed E-state index contributed by atoms with van der Waals surface area (Å²) in [5.41, 5.74) is 1.66. The lowest BCUT2D eigenvalue weighted by molar-refractivity contribution is 0.223. The van der Waals surface area contributed by atoms with Crippen molar-refractivity contribution < 1.29 is 9.84 Å². The van der Waals surface area contributed by atoms with Crippen LogP contribution in [0.5, 0.6) is 5.75 Å². The summed E-state index contributed by atoms with van der Waals surface area (Å²) in [5.74, 6) is 0.651. The first kappa shape index (κ1) is 13.3. The van der Waals surface area contributed by atoms with Crippen LogP contribution in [0.2, 0.25) is 5.02 Å². The number of aliphatic hydroxyl groups excluding tert-OH is 1. The fraction of sp³-hybridized carbons (Fsp3) is 0.308. The smallest absolute Gasteiger partial charge is 0.137 e. The molecule has 1 unspecified atom stereocenters. The van der Waals surface area contributed by atoms with Crippen molar-refractivity contribution >= 4 is 22.9 Å². The Morgan fingerprint density at radius 1 is 1.50 bits per heavy atom. The van der Waals surface area contributed by atoms with Crippen molar-refractivity contribution in [3.05, 3.63) is 44.9 Å². The van der Waals surface area contributed by atoms with Crippen LogP contribution in [-0.4, -0.2) is 16.7 Å². The SMILES string of the molecule is CCOc1cncc(C(O)c2scc(C)c2Cl)c1. The molecule has 1 atom stereocenters. The van der Waals surface area contributed by atoms with Gasteiger partial charge in [-0.3, -0.25) is 4.98 Å². The van der Waals surface area contributed by atoms with Gasteiger partial charge in [0.25, 0.3) is 0 Å². The highest BCUT2D eigenvalue weighted by Crippen LogP contribution is 2.36. The summed E-state index contributed by atoms with van der Waals surface area (Å²) < 4.78 is 5.36. The van der Waals surface area contributed by atoms with E-state index in [0.29, 0.717) is 22.9 Å². The minimum Gasteiger partial charge on any atom is -0.492 e. The summed E-state index contributed by atoms with van der Waals surface area (Å²) in [6.45, 7) is 4.40. The van der Waals surface area contributed by atoms with Crippen LogP contribution in [0.3, 0.4) is 0 Å². The maximum absolute atomic E-state index is 10.3. The Labute approximate surface area is 115 Å². The van der Waals surface area contributed by atoms with E-state index in [4.69, 9.17) is 16.3 Å². The second-order valence-electron chi connectivity index (χ2n) is 3.89. The molecule has 2 aromatic rings. The minimum absolute atomic E-state index is 0.570. The van der Waals surface area contributed by atoms with Crippen molar-refractivity contribution in [2.45, 2.75) is 20.0 Å². The van der Waals surface area contributed by atoms with E-state index in [-0.39, 0.29) is 0 Å². The van der Waals surface area contributed by atoms with E-state index < -0.39 is 6.10 Å². The second kappa shape index (κ2) is 5.69. The molecule has 0 saturated carbocycles. The Morgan fingerprint density at radius 3 is 2.89 bits per heavy atom. The van der Waals surface area contributed by atoms with Crippen LogP contribution in [-0.2, 0) is 0 Å². The van der Waals surface area contributed by atoms with Gasteiger partial charge >= 0.3 is 0 Å². The number of pyridine rings is 1. The average molecular weight is 284 g/mol. The zero-order valence-electron chi connectivity index (χ0n) is 10.2. The molecule has 2 heterocycles. The molecule has 5 heteroatoms. The molecule has 0 aliphatic rings. The molecule has 0 bridgehead atoms. The lowest BCUT2D eigenvalue weighted by atomic mass is 10.1. The van der Waals surface area contributed by atoms with E-state index in [1.54, 1.807) is 18.5 Å². The monoisotopic (exact) mass is 283 g/mol. The van der Waals surface area contributed by atoms with Crippen LogP contribution in [0.15, 0.2) is 23.8 Å². The van der Waals surface area contributed by atoms with Crippen LogP contribution in [0.4, 0.5) is 0 Å². The van der Waals surface area contributed by atoms with Crippen LogP contribution < -0.4 is 4.74 Å². The van der Waals surface area contributed by atoms with Gasteiger partial charge in [0, 0.05) is 11.8 Å². The summed E-state index contributed by atoms with van der Waals surface area (Å²) >= 11 is 7.60. The fourth-order valence-corrected chi connectivity index (χ4v) is 2.92. The van der Waals surface area contributed by atoms with Crippen LogP contribution >= 0.6 is 22.9 Å². The molecule has 0 aliphatic carbocycles. The van der Waals surface area contributed by atoms with E-state index in [1.807, 2.05) is 19.2 Å².